The Hall–Kier alpha value is -3.04. The Morgan fingerprint density at radius 3 is 2.34 bits per heavy atom. The fraction of sp³-hybridized carbons (Fsp3) is 0.423. The molecule has 1 amide bonds. The molecule has 2 aromatic carbocycles. The summed E-state index contributed by atoms with van der Waals surface area (Å²) in [6.07, 6.45) is 0. The molecule has 0 spiro atoms. The lowest BCUT2D eigenvalue weighted by Crippen LogP contribution is -2.50. The first kappa shape index (κ1) is 25.1. The summed E-state index contributed by atoms with van der Waals surface area (Å²) >= 11 is 1.33. The van der Waals surface area contributed by atoms with Crippen LogP contribution in [0.4, 0.5) is 0 Å². The molecule has 1 unspecified atom stereocenters. The number of nitrogen functional groups attached to an aromatic ring is 1. The molecule has 9 heteroatoms. The molecule has 1 aromatic heterocycles. The van der Waals surface area contributed by atoms with Gasteiger partial charge in [0.25, 0.3) is 0 Å². The van der Waals surface area contributed by atoms with Crippen LogP contribution in [0.15, 0.2) is 59.8 Å². The topological polar surface area (TPSA) is 89.5 Å². The maximum Gasteiger partial charge on any atom is 0.235 e. The van der Waals surface area contributed by atoms with E-state index in [4.69, 9.17) is 10.6 Å². The maximum absolute atomic E-state index is 13.0. The molecule has 186 valence electrons. The highest BCUT2D eigenvalue weighted by Gasteiger charge is 2.27. The highest BCUT2D eigenvalue weighted by molar-refractivity contribution is 8.00. The number of piperazine rings is 1. The molecule has 8 nitrogen and oxygen atoms in total. The van der Waals surface area contributed by atoms with Gasteiger partial charge < -0.3 is 15.5 Å². The lowest BCUT2D eigenvalue weighted by Gasteiger charge is -2.35. The first-order valence-electron chi connectivity index (χ1n) is 12.0. The summed E-state index contributed by atoms with van der Waals surface area (Å²) in [6.45, 7) is 10.5. The minimum atomic E-state index is -0.306. The average molecular weight is 495 g/mol. The number of amides is 1. The number of nitrogens with zero attached hydrogens (tertiary/aromatic N) is 5. The van der Waals surface area contributed by atoms with E-state index in [2.05, 4.69) is 65.3 Å². The lowest BCUT2D eigenvalue weighted by atomic mass is 10.0. The van der Waals surface area contributed by atoms with Crippen LogP contribution < -0.4 is 10.6 Å². The third-order valence-corrected chi connectivity index (χ3v) is 7.26. The van der Waals surface area contributed by atoms with E-state index in [0.29, 0.717) is 16.9 Å². The molecule has 4 rings (SSSR count). The van der Waals surface area contributed by atoms with Gasteiger partial charge in [0, 0.05) is 32.7 Å². The van der Waals surface area contributed by atoms with Crippen molar-refractivity contribution >= 4 is 17.7 Å². The molecule has 3 aromatic rings. The van der Waals surface area contributed by atoms with Crippen LogP contribution in [-0.4, -0.2) is 62.0 Å². The highest BCUT2D eigenvalue weighted by atomic mass is 32.2. The van der Waals surface area contributed by atoms with Crippen molar-refractivity contribution in [3.8, 4) is 5.75 Å². The van der Waals surface area contributed by atoms with E-state index in [1.807, 2.05) is 30.0 Å². The second-order valence-electron chi connectivity index (χ2n) is 9.13. The smallest absolute Gasteiger partial charge is 0.235 e. The summed E-state index contributed by atoms with van der Waals surface area (Å²) in [7, 11) is 0. The predicted molar refractivity (Wildman–Crippen MR) is 139 cm³/mol. The monoisotopic (exact) mass is 494 g/mol. The summed E-state index contributed by atoms with van der Waals surface area (Å²) in [5.41, 5.74) is 2.56. The van der Waals surface area contributed by atoms with Gasteiger partial charge in [-0.05, 0) is 36.1 Å². The molecule has 1 saturated heterocycles. The molecule has 2 heterocycles. The zero-order valence-electron chi connectivity index (χ0n) is 20.6. The number of rotatable bonds is 9. The molecule has 0 radical (unpaired) electrons. The van der Waals surface area contributed by atoms with Gasteiger partial charge in [-0.1, -0.05) is 68.1 Å². The van der Waals surface area contributed by atoms with Gasteiger partial charge in [0.05, 0.1) is 5.25 Å². The third kappa shape index (κ3) is 6.55. The fourth-order valence-electron chi connectivity index (χ4n) is 4.02. The van der Waals surface area contributed by atoms with Crippen LogP contribution in [-0.2, 0) is 17.9 Å². The SMILES string of the molecule is CC(Sc1nnc(COc2ccc(C(C)C)cc2)n1N)C(=O)N1CCN(Cc2ccccc2)CC1. The van der Waals surface area contributed by atoms with Crippen molar-refractivity contribution in [3.63, 3.8) is 0 Å². The van der Waals surface area contributed by atoms with Gasteiger partial charge >= 0.3 is 0 Å². The molecule has 1 fully saturated rings. The van der Waals surface area contributed by atoms with Gasteiger partial charge in [0.1, 0.15) is 12.4 Å². The van der Waals surface area contributed by atoms with Crippen molar-refractivity contribution in [2.45, 2.75) is 50.2 Å². The Kier molecular flexibility index (Phi) is 8.30. The highest BCUT2D eigenvalue weighted by Crippen LogP contribution is 2.24. The molecule has 1 aliphatic heterocycles. The van der Waals surface area contributed by atoms with Crippen LogP contribution in [0.25, 0.3) is 0 Å². The van der Waals surface area contributed by atoms with Crippen LogP contribution in [0.5, 0.6) is 5.75 Å². The number of carbonyl (C=O) groups excluding carboxylic acids is 1. The molecular weight excluding hydrogens is 460 g/mol. The largest absolute Gasteiger partial charge is 0.486 e. The molecule has 2 N–H and O–H groups in total. The molecule has 35 heavy (non-hydrogen) atoms. The summed E-state index contributed by atoms with van der Waals surface area (Å²) in [6, 6.07) is 18.4. The Bertz CT molecular complexity index is 1090. The Balaban J connectivity index is 1.26. The van der Waals surface area contributed by atoms with E-state index in [-0.39, 0.29) is 17.8 Å². The van der Waals surface area contributed by atoms with Gasteiger partial charge in [-0.3, -0.25) is 9.69 Å². The standard InChI is InChI=1S/C26H34N6O2S/c1-19(2)22-9-11-23(12-10-22)34-18-24-28-29-26(32(24)27)35-20(3)25(33)31-15-13-30(14-16-31)17-21-7-5-4-6-8-21/h4-12,19-20H,13-18,27H2,1-3H3. The second kappa shape index (κ2) is 11.6. The number of benzene rings is 2. The first-order valence-corrected chi connectivity index (χ1v) is 12.9. The van der Waals surface area contributed by atoms with Gasteiger partial charge in [-0.15, -0.1) is 10.2 Å². The zero-order valence-corrected chi connectivity index (χ0v) is 21.4. The Morgan fingerprint density at radius 2 is 1.69 bits per heavy atom. The predicted octanol–water partition coefficient (Wildman–Crippen LogP) is 3.52. The third-order valence-electron chi connectivity index (χ3n) is 6.21. The number of hydrogen-bond acceptors (Lipinski definition) is 7. The number of hydrogen-bond donors (Lipinski definition) is 1. The van der Waals surface area contributed by atoms with Gasteiger partial charge in [-0.2, -0.15) is 0 Å². The van der Waals surface area contributed by atoms with Crippen molar-refractivity contribution in [2.75, 3.05) is 32.0 Å². The van der Waals surface area contributed by atoms with E-state index in [9.17, 15) is 4.79 Å². The summed E-state index contributed by atoms with van der Waals surface area (Å²) < 4.78 is 7.24. The number of carbonyl (C=O) groups is 1. The number of aromatic nitrogens is 3. The normalized spacial score (nSPS) is 15.4. The molecule has 1 atom stereocenters. The minimum absolute atomic E-state index is 0.0976. The van der Waals surface area contributed by atoms with Crippen LogP contribution in [0.3, 0.4) is 0 Å². The van der Waals surface area contributed by atoms with E-state index < -0.39 is 0 Å². The van der Waals surface area contributed by atoms with Crippen LogP contribution >= 0.6 is 11.8 Å². The van der Waals surface area contributed by atoms with Crippen LogP contribution in [0.1, 0.15) is 43.6 Å². The molecule has 0 aliphatic carbocycles. The Labute approximate surface area is 211 Å². The first-order chi connectivity index (χ1) is 16.9. The van der Waals surface area contributed by atoms with Crippen LogP contribution in [0.2, 0.25) is 0 Å². The van der Waals surface area contributed by atoms with E-state index >= 15 is 0 Å². The van der Waals surface area contributed by atoms with Crippen molar-refractivity contribution in [2.24, 2.45) is 0 Å². The number of ether oxygens (including phenoxy) is 1. The Morgan fingerprint density at radius 1 is 1.00 bits per heavy atom. The van der Waals surface area contributed by atoms with E-state index in [0.717, 1.165) is 38.5 Å². The average Bonchev–Trinajstić information content (AvgIpc) is 3.22. The fourth-order valence-corrected chi connectivity index (χ4v) is 4.89. The summed E-state index contributed by atoms with van der Waals surface area (Å²) in [4.78, 5) is 17.4. The number of thioether (sulfide) groups is 1. The lowest BCUT2D eigenvalue weighted by molar-refractivity contribution is -0.132. The number of nitrogens with two attached hydrogens (primary N) is 1. The summed E-state index contributed by atoms with van der Waals surface area (Å²) in [5.74, 6) is 8.04. The quantitative estimate of drug-likeness (QED) is 0.360. The van der Waals surface area contributed by atoms with E-state index in [1.165, 1.54) is 27.6 Å². The van der Waals surface area contributed by atoms with Crippen molar-refractivity contribution in [1.29, 1.82) is 0 Å². The van der Waals surface area contributed by atoms with Gasteiger partial charge in [-0.25, -0.2) is 4.68 Å². The van der Waals surface area contributed by atoms with Crippen molar-refractivity contribution in [3.05, 3.63) is 71.5 Å². The maximum atomic E-state index is 13.0. The minimum Gasteiger partial charge on any atom is -0.486 e. The molecule has 0 saturated carbocycles. The van der Waals surface area contributed by atoms with Crippen LogP contribution in [0, 0.1) is 0 Å². The zero-order chi connectivity index (χ0) is 24.8. The van der Waals surface area contributed by atoms with Gasteiger partial charge in [0.2, 0.25) is 11.1 Å². The van der Waals surface area contributed by atoms with Crippen molar-refractivity contribution in [1.82, 2.24) is 24.7 Å². The summed E-state index contributed by atoms with van der Waals surface area (Å²) in [5, 5.41) is 8.54. The van der Waals surface area contributed by atoms with Gasteiger partial charge in [0.15, 0.2) is 5.82 Å². The second-order valence-corrected chi connectivity index (χ2v) is 10.4. The molecular formula is C26H34N6O2S. The van der Waals surface area contributed by atoms with E-state index in [1.54, 1.807) is 0 Å². The molecule has 1 aliphatic rings. The molecule has 0 bridgehead atoms. The van der Waals surface area contributed by atoms with Crippen molar-refractivity contribution < 1.29 is 9.53 Å².